The molecule has 0 atom stereocenters. The molecule has 0 aliphatic rings. The molecule has 1 amide bonds. The molecule has 0 radical (unpaired) electrons. The molecule has 0 spiro atoms. The lowest BCUT2D eigenvalue weighted by Gasteiger charge is -2.10. The average Bonchev–Trinajstić information content (AvgIpc) is 2.86. The SMILES string of the molecule is CNC(=O)c1ccccc1NS(=O)(=O)c1ccc(Br)s1. The van der Waals surface area contributed by atoms with E-state index in [2.05, 4.69) is 26.0 Å². The molecule has 106 valence electrons. The van der Waals surface area contributed by atoms with E-state index < -0.39 is 10.0 Å². The molecule has 1 aromatic heterocycles. The van der Waals surface area contributed by atoms with E-state index in [0.717, 1.165) is 15.1 Å². The van der Waals surface area contributed by atoms with Crippen molar-refractivity contribution in [2.75, 3.05) is 11.8 Å². The zero-order chi connectivity index (χ0) is 14.8. The van der Waals surface area contributed by atoms with Gasteiger partial charge in [0.15, 0.2) is 0 Å². The largest absolute Gasteiger partial charge is 0.355 e. The monoisotopic (exact) mass is 374 g/mol. The Kier molecular flexibility index (Phi) is 4.46. The molecule has 2 aromatic rings. The molecule has 8 heteroatoms. The fourth-order valence-corrected chi connectivity index (χ4v) is 4.63. The summed E-state index contributed by atoms with van der Waals surface area (Å²) in [6.07, 6.45) is 0. The number of thiophene rings is 1. The topological polar surface area (TPSA) is 75.3 Å². The molecule has 2 N–H and O–H groups in total. The van der Waals surface area contributed by atoms with Crippen molar-refractivity contribution in [2.45, 2.75) is 4.21 Å². The van der Waals surface area contributed by atoms with Gasteiger partial charge in [0, 0.05) is 7.05 Å². The number of anilines is 1. The number of halogens is 1. The molecule has 0 saturated carbocycles. The smallest absolute Gasteiger partial charge is 0.271 e. The summed E-state index contributed by atoms with van der Waals surface area (Å²) in [6, 6.07) is 9.59. The number of benzene rings is 1. The molecule has 0 bridgehead atoms. The lowest BCUT2D eigenvalue weighted by molar-refractivity contribution is 0.0964. The molecule has 0 saturated heterocycles. The van der Waals surface area contributed by atoms with Crippen molar-refractivity contribution in [3.63, 3.8) is 0 Å². The number of amides is 1. The summed E-state index contributed by atoms with van der Waals surface area (Å²) in [5.41, 5.74) is 0.519. The van der Waals surface area contributed by atoms with Crippen LogP contribution in [-0.2, 0) is 10.0 Å². The maximum Gasteiger partial charge on any atom is 0.271 e. The van der Waals surface area contributed by atoms with Gasteiger partial charge in [-0.1, -0.05) is 12.1 Å². The minimum absolute atomic E-state index is 0.177. The Morgan fingerprint density at radius 2 is 1.90 bits per heavy atom. The van der Waals surface area contributed by atoms with Crippen LogP contribution in [0.2, 0.25) is 0 Å². The lowest BCUT2D eigenvalue weighted by atomic mass is 10.2. The van der Waals surface area contributed by atoms with Crippen LogP contribution in [-0.4, -0.2) is 21.4 Å². The summed E-state index contributed by atoms with van der Waals surface area (Å²) in [4.78, 5) is 11.7. The second-order valence-corrected chi connectivity index (χ2v) is 8.16. The molecule has 0 aliphatic heterocycles. The Morgan fingerprint density at radius 1 is 1.20 bits per heavy atom. The van der Waals surface area contributed by atoms with Crippen molar-refractivity contribution in [1.82, 2.24) is 5.32 Å². The highest BCUT2D eigenvalue weighted by atomic mass is 79.9. The highest BCUT2D eigenvalue weighted by Gasteiger charge is 2.19. The van der Waals surface area contributed by atoms with Gasteiger partial charge in [0.2, 0.25) is 0 Å². The third kappa shape index (κ3) is 3.20. The van der Waals surface area contributed by atoms with Gasteiger partial charge >= 0.3 is 0 Å². The fourth-order valence-electron chi connectivity index (χ4n) is 1.54. The zero-order valence-electron chi connectivity index (χ0n) is 10.4. The van der Waals surface area contributed by atoms with Crippen LogP contribution >= 0.6 is 27.3 Å². The third-order valence-corrected chi connectivity index (χ3v) is 5.94. The van der Waals surface area contributed by atoms with E-state index in [0.29, 0.717) is 0 Å². The maximum absolute atomic E-state index is 12.2. The Morgan fingerprint density at radius 3 is 2.50 bits per heavy atom. The van der Waals surface area contributed by atoms with Gasteiger partial charge < -0.3 is 5.32 Å². The van der Waals surface area contributed by atoms with E-state index in [1.165, 1.54) is 13.1 Å². The van der Waals surface area contributed by atoms with Gasteiger partial charge in [-0.2, -0.15) is 0 Å². The molecule has 5 nitrogen and oxygen atoms in total. The van der Waals surface area contributed by atoms with Crippen molar-refractivity contribution in [1.29, 1.82) is 0 Å². The number of sulfonamides is 1. The van der Waals surface area contributed by atoms with Gasteiger partial charge in [0.05, 0.1) is 15.0 Å². The number of para-hydroxylation sites is 1. The van der Waals surface area contributed by atoms with Crippen LogP contribution in [0.15, 0.2) is 44.4 Å². The van der Waals surface area contributed by atoms with E-state index in [1.54, 1.807) is 30.3 Å². The molecule has 2 rings (SSSR count). The Labute approximate surface area is 129 Å². The number of hydrogen-bond acceptors (Lipinski definition) is 4. The summed E-state index contributed by atoms with van der Waals surface area (Å²) in [7, 11) is -2.21. The van der Waals surface area contributed by atoms with Crippen molar-refractivity contribution in [3.05, 3.63) is 45.7 Å². The van der Waals surface area contributed by atoms with Crippen LogP contribution in [0.25, 0.3) is 0 Å². The number of nitrogens with one attached hydrogen (secondary N) is 2. The molecule has 0 aliphatic carbocycles. The first-order valence-corrected chi connectivity index (χ1v) is 8.62. The Balaban J connectivity index is 2.37. The maximum atomic E-state index is 12.2. The minimum atomic E-state index is -3.70. The molecule has 0 unspecified atom stereocenters. The normalized spacial score (nSPS) is 11.1. The van der Waals surface area contributed by atoms with Crippen LogP contribution in [0.3, 0.4) is 0 Å². The van der Waals surface area contributed by atoms with Crippen molar-refractivity contribution in [3.8, 4) is 0 Å². The molecular formula is C12H11BrN2O3S2. The van der Waals surface area contributed by atoms with Crippen LogP contribution in [0, 0.1) is 0 Å². The molecular weight excluding hydrogens is 364 g/mol. The van der Waals surface area contributed by atoms with E-state index in [1.807, 2.05) is 0 Å². The summed E-state index contributed by atoms with van der Waals surface area (Å²) >= 11 is 4.32. The second kappa shape index (κ2) is 5.94. The Bertz CT molecular complexity index is 741. The van der Waals surface area contributed by atoms with E-state index in [4.69, 9.17) is 0 Å². The van der Waals surface area contributed by atoms with Gasteiger partial charge in [-0.05, 0) is 40.2 Å². The van der Waals surface area contributed by atoms with Gasteiger partial charge in [-0.15, -0.1) is 11.3 Å². The van der Waals surface area contributed by atoms with Gasteiger partial charge in [-0.3, -0.25) is 9.52 Å². The van der Waals surface area contributed by atoms with Crippen LogP contribution in [0.4, 0.5) is 5.69 Å². The molecule has 0 fully saturated rings. The Hall–Kier alpha value is -1.38. The van der Waals surface area contributed by atoms with Crippen LogP contribution in [0.5, 0.6) is 0 Å². The van der Waals surface area contributed by atoms with E-state index >= 15 is 0 Å². The van der Waals surface area contributed by atoms with Crippen LogP contribution < -0.4 is 10.0 Å². The van der Waals surface area contributed by atoms with Crippen molar-refractivity contribution >= 4 is 48.9 Å². The number of carbonyl (C=O) groups is 1. The first-order chi connectivity index (χ1) is 9.44. The van der Waals surface area contributed by atoms with E-state index in [9.17, 15) is 13.2 Å². The predicted octanol–water partition coefficient (Wildman–Crippen LogP) is 2.67. The number of rotatable bonds is 4. The van der Waals surface area contributed by atoms with Gasteiger partial charge in [0.25, 0.3) is 15.9 Å². The van der Waals surface area contributed by atoms with Gasteiger partial charge in [0.1, 0.15) is 4.21 Å². The summed E-state index contributed by atoms with van der Waals surface area (Å²) < 4.78 is 27.8. The first-order valence-electron chi connectivity index (χ1n) is 5.53. The quantitative estimate of drug-likeness (QED) is 0.863. The molecule has 20 heavy (non-hydrogen) atoms. The first kappa shape index (κ1) is 15.0. The summed E-state index contributed by atoms with van der Waals surface area (Å²) in [6.45, 7) is 0. The number of hydrogen-bond donors (Lipinski definition) is 2. The zero-order valence-corrected chi connectivity index (χ0v) is 13.6. The lowest BCUT2D eigenvalue weighted by Crippen LogP contribution is -2.21. The third-order valence-electron chi connectivity index (χ3n) is 2.46. The predicted molar refractivity (Wildman–Crippen MR) is 82.7 cm³/mol. The van der Waals surface area contributed by atoms with Crippen molar-refractivity contribution in [2.24, 2.45) is 0 Å². The average molecular weight is 375 g/mol. The molecule has 1 aromatic carbocycles. The fraction of sp³-hybridized carbons (Fsp3) is 0.0833. The van der Waals surface area contributed by atoms with Crippen LogP contribution in [0.1, 0.15) is 10.4 Å². The second-order valence-electron chi connectivity index (χ2n) is 3.79. The minimum Gasteiger partial charge on any atom is -0.355 e. The standard InChI is InChI=1S/C12H11BrN2O3S2/c1-14-12(16)8-4-2-3-5-9(8)15-20(17,18)11-7-6-10(13)19-11/h2-7,15H,1H3,(H,14,16). The highest BCUT2D eigenvalue weighted by molar-refractivity contribution is 9.11. The molecule has 1 heterocycles. The summed E-state index contributed by atoms with van der Waals surface area (Å²) in [5.74, 6) is -0.351. The summed E-state index contributed by atoms with van der Waals surface area (Å²) in [5, 5.41) is 2.47. The van der Waals surface area contributed by atoms with E-state index in [-0.39, 0.29) is 21.4 Å². The van der Waals surface area contributed by atoms with Crippen molar-refractivity contribution < 1.29 is 13.2 Å². The highest BCUT2D eigenvalue weighted by Crippen LogP contribution is 2.28. The number of carbonyl (C=O) groups excluding carboxylic acids is 1. The van der Waals surface area contributed by atoms with Gasteiger partial charge in [-0.25, -0.2) is 8.42 Å².